The van der Waals surface area contributed by atoms with Crippen LogP contribution in [0.15, 0.2) is 59.5 Å². The van der Waals surface area contributed by atoms with Crippen molar-refractivity contribution in [3.8, 4) is 11.3 Å². The monoisotopic (exact) mass is 513 g/mol. The maximum Gasteiger partial charge on any atom is 0.257 e. The Morgan fingerprint density at radius 2 is 1.51 bits per heavy atom. The lowest BCUT2D eigenvalue weighted by molar-refractivity contribution is 0.101. The molecule has 0 aliphatic carbocycles. The largest absolute Gasteiger partial charge is 0.298 e. The molecule has 1 N–H and O–H groups in total. The average molecular weight is 514 g/mol. The number of nitrogens with one attached hydrogen (secondary N) is 1. The molecule has 0 fully saturated rings. The van der Waals surface area contributed by atoms with Crippen LogP contribution in [0, 0.1) is 11.8 Å². The van der Waals surface area contributed by atoms with E-state index in [1.165, 1.54) is 35.5 Å². The Bertz CT molecular complexity index is 1270. The van der Waals surface area contributed by atoms with E-state index in [1.54, 1.807) is 0 Å². The van der Waals surface area contributed by atoms with Crippen LogP contribution in [-0.2, 0) is 10.0 Å². The maximum absolute atomic E-state index is 13.2. The molecule has 7 nitrogen and oxygen atoms in total. The summed E-state index contributed by atoms with van der Waals surface area (Å²) in [6.45, 7) is 10.2. The summed E-state index contributed by atoms with van der Waals surface area (Å²) in [4.78, 5) is 30.0. The van der Waals surface area contributed by atoms with Gasteiger partial charge >= 0.3 is 0 Å². The zero-order valence-electron chi connectivity index (χ0n) is 20.6. The van der Waals surface area contributed by atoms with Gasteiger partial charge in [0.05, 0.1) is 15.5 Å². The minimum Gasteiger partial charge on any atom is -0.298 e. The molecule has 3 aromatic rings. The van der Waals surface area contributed by atoms with Crippen LogP contribution in [0.5, 0.6) is 0 Å². The Balaban J connectivity index is 1.81. The first kappa shape index (κ1) is 26.7. The van der Waals surface area contributed by atoms with Crippen molar-refractivity contribution in [1.82, 2.24) is 9.29 Å². The van der Waals surface area contributed by atoms with Crippen LogP contribution in [-0.4, -0.2) is 42.5 Å². The first-order valence-corrected chi connectivity index (χ1v) is 13.7. The van der Waals surface area contributed by atoms with E-state index in [4.69, 9.17) is 0 Å². The molecule has 1 amide bonds. The lowest BCUT2D eigenvalue weighted by atomic mass is 10.1. The van der Waals surface area contributed by atoms with Crippen LogP contribution in [0.2, 0.25) is 0 Å². The molecule has 0 aliphatic rings. The van der Waals surface area contributed by atoms with Crippen LogP contribution in [0.25, 0.3) is 11.3 Å². The molecule has 0 radical (unpaired) electrons. The number of benzene rings is 2. The molecule has 0 saturated heterocycles. The number of rotatable bonds is 10. The lowest BCUT2D eigenvalue weighted by Gasteiger charge is -2.25. The van der Waals surface area contributed by atoms with Gasteiger partial charge in [-0.05, 0) is 36.1 Å². The SMILES string of the molecule is CC(=O)c1sc(NC(=O)c2ccc(S(=O)(=O)N(CC(C)C)CC(C)C)cc2)nc1-c1ccccc1. The van der Waals surface area contributed by atoms with Crippen LogP contribution in [0.3, 0.4) is 0 Å². The molecule has 2 aromatic carbocycles. The Morgan fingerprint density at radius 3 is 2.03 bits per heavy atom. The van der Waals surface area contributed by atoms with Crippen molar-refractivity contribution in [3.63, 3.8) is 0 Å². The summed E-state index contributed by atoms with van der Waals surface area (Å²) in [6.07, 6.45) is 0. The molecule has 0 unspecified atom stereocenters. The number of amides is 1. The average Bonchev–Trinajstić information content (AvgIpc) is 3.23. The molecule has 0 aliphatic heterocycles. The lowest BCUT2D eigenvalue weighted by Crippen LogP contribution is -2.37. The number of sulfonamides is 1. The van der Waals surface area contributed by atoms with Crippen molar-refractivity contribution < 1.29 is 18.0 Å². The number of thiazole rings is 1. The number of anilines is 1. The van der Waals surface area contributed by atoms with E-state index in [2.05, 4.69) is 10.3 Å². The van der Waals surface area contributed by atoms with Gasteiger partial charge in [-0.15, -0.1) is 0 Å². The number of carbonyl (C=O) groups excluding carboxylic acids is 2. The minimum atomic E-state index is -3.68. The molecule has 9 heteroatoms. The van der Waals surface area contributed by atoms with E-state index in [0.717, 1.165) is 16.9 Å². The summed E-state index contributed by atoms with van der Waals surface area (Å²) in [6, 6.07) is 15.2. The molecular weight excluding hydrogens is 482 g/mol. The van der Waals surface area contributed by atoms with E-state index < -0.39 is 15.9 Å². The highest BCUT2D eigenvalue weighted by Gasteiger charge is 2.26. The normalized spacial score (nSPS) is 11.9. The van der Waals surface area contributed by atoms with Crippen molar-refractivity contribution in [2.75, 3.05) is 18.4 Å². The van der Waals surface area contributed by atoms with Crippen LogP contribution in [0.4, 0.5) is 5.13 Å². The van der Waals surface area contributed by atoms with E-state index in [9.17, 15) is 18.0 Å². The maximum atomic E-state index is 13.2. The quantitative estimate of drug-likeness (QED) is 0.358. The van der Waals surface area contributed by atoms with Crippen molar-refractivity contribution in [1.29, 1.82) is 0 Å². The molecule has 0 bridgehead atoms. The first-order chi connectivity index (χ1) is 16.5. The molecule has 0 saturated carbocycles. The number of carbonyl (C=O) groups is 2. The zero-order chi connectivity index (χ0) is 25.8. The summed E-state index contributed by atoms with van der Waals surface area (Å²) in [5, 5.41) is 3.03. The molecule has 1 aromatic heterocycles. The second-order valence-corrected chi connectivity index (χ2v) is 12.1. The van der Waals surface area contributed by atoms with Gasteiger partial charge in [-0.3, -0.25) is 14.9 Å². The van der Waals surface area contributed by atoms with Gasteiger partial charge in [0.15, 0.2) is 10.9 Å². The fourth-order valence-corrected chi connectivity index (χ4v) is 6.23. The highest BCUT2D eigenvalue weighted by molar-refractivity contribution is 7.89. The summed E-state index contributed by atoms with van der Waals surface area (Å²) in [7, 11) is -3.68. The highest BCUT2D eigenvalue weighted by atomic mass is 32.2. The van der Waals surface area contributed by atoms with Crippen molar-refractivity contribution in [3.05, 3.63) is 65.0 Å². The predicted molar refractivity (Wildman–Crippen MR) is 140 cm³/mol. The molecular formula is C26H31N3O4S2. The first-order valence-electron chi connectivity index (χ1n) is 11.5. The summed E-state index contributed by atoms with van der Waals surface area (Å²) in [5.74, 6) is -0.192. The minimum absolute atomic E-state index is 0.135. The predicted octanol–water partition coefficient (Wildman–Crippen LogP) is 5.57. The number of hydrogen-bond donors (Lipinski definition) is 1. The molecule has 0 spiro atoms. The number of ketones is 1. The van der Waals surface area contributed by atoms with Crippen LogP contribution >= 0.6 is 11.3 Å². The van der Waals surface area contributed by atoms with Crippen LogP contribution < -0.4 is 5.32 Å². The molecule has 0 atom stereocenters. The standard InChI is InChI=1S/C26H31N3O4S2/c1-17(2)15-29(16-18(3)4)35(32,33)22-13-11-21(12-14-22)25(31)28-26-27-23(24(34-26)19(5)30)20-9-7-6-8-10-20/h6-14,17-18H,15-16H2,1-5H3,(H,27,28,31). The molecule has 35 heavy (non-hydrogen) atoms. The zero-order valence-corrected chi connectivity index (χ0v) is 22.2. The van der Waals surface area contributed by atoms with E-state index in [0.29, 0.717) is 34.4 Å². The second-order valence-electron chi connectivity index (χ2n) is 9.21. The molecule has 186 valence electrons. The summed E-state index contributed by atoms with van der Waals surface area (Å²) >= 11 is 1.11. The molecule has 3 rings (SSSR count). The van der Waals surface area contributed by atoms with Crippen molar-refractivity contribution in [2.45, 2.75) is 39.5 Å². The van der Waals surface area contributed by atoms with Gasteiger partial charge in [-0.25, -0.2) is 13.4 Å². The van der Waals surface area contributed by atoms with Gasteiger partial charge in [-0.1, -0.05) is 69.4 Å². The summed E-state index contributed by atoms with van der Waals surface area (Å²) in [5.41, 5.74) is 1.61. The van der Waals surface area contributed by atoms with E-state index in [-0.39, 0.29) is 22.5 Å². The number of aromatic nitrogens is 1. The van der Waals surface area contributed by atoms with Gasteiger partial charge in [0, 0.05) is 31.1 Å². The Labute approximate surface area is 211 Å². The number of nitrogens with zero attached hydrogens (tertiary/aromatic N) is 2. The third-order valence-electron chi connectivity index (χ3n) is 5.11. The van der Waals surface area contributed by atoms with Gasteiger partial charge in [0.2, 0.25) is 10.0 Å². The fourth-order valence-electron chi connectivity index (χ4n) is 3.59. The molecule has 1 heterocycles. The van der Waals surface area contributed by atoms with Gasteiger partial charge in [0.25, 0.3) is 5.91 Å². The van der Waals surface area contributed by atoms with Gasteiger partial charge < -0.3 is 0 Å². The number of hydrogen-bond acceptors (Lipinski definition) is 6. The van der Waals surface area contributed by atoms with Gasteiger partial charge in [0.1, 0.15) is 0 Å². The van der Waals surface area contributed by atoms with E-state index >= 15 is 0 Å². The van der Waals surface area contributed by atoms with Gasteiger partial charge in [-0.2, -0.15) is 4.31 Å². The highest BCUT2D eigenvalue weighted by Crippen LogP contribution is 2.31. The smallest absolute Gasteiger partial charge is 0.257 e. The van der Waals surface area contributed by atoms with Crippen molar-refractivity contribution >= 4 is 38.2 Å². The Hall–Kier alpha value is -2.88. The van der Waals surface area contributed by atoms with E-state index in [1.807, 2.05) is 58.0 Å². The third-order valence-corrected chi connectivity index (χ3v) is 8.02. The Morgan fingerprint density at radius 1 is 0.943 bits per heavy atom. The van der Waals surface area contributed by atoms with Crippen LogP contribution in [0.1, 0.15) is 54.6 Å². The Kier molecular flexibility index (Phi) is 8.58. The summed E-state index contributed by atoms with van der Waals surface area (Å²) < 4.78 is 27.9. The van der Waals surface area contributed by atoms with Crippen molar-refractivity contribution in [2.24, 2.45) is 11.8 Å². The fraction of sp³-hybridized carbons (Fsp3) is 0.346. The number of Topliss-reactive ketones (excluding diaryl/α,β-unsaturated/α-hetero) is 1. The third kappa shape index (κ3) is 6.62. The second kappa shape index (κ2) is 11.2. The topological polar surface area (TPSA) is 96.4 Å².